The Labute approximate surface area is 141 Å². The number of fused-ring (bicyclic) bond motifs is 1. The molecule has 9 nitrogen and oxygen atoms in total. The number of hydrogen-bond donors (Lipinski definition) is 3. The van der Waals surface area contributed by atoms with Crippen molar-refractivity contribution in [2.75, 3.05) is 19.5 Å². The van der Waals surface area contributed by atoms with Gasteiger partial charge in [-0.15, -0.1) is 0 Å². The van der Waals surface area contributed by atoms with Crippen molar-refractivity contribution >= 4 is 22.6 Å². The number of ether oxygens (including phenoxy) is 2. The third kappa shape index (κ3) is 2.75. The normalized spacial score (nSPS) is 10.7. The van der Waals surface area contributed by atoms with Crippen LogP contribution in [0, 0.1) is 0 Å². The second-order valence-corrected chi connectivity index (χ2v) is 5.23. The van der Waals surface area contributed by atoms with E-state index in [4.69, 9.17) is 9.47 Å². The highest BCUT2D eigenvalue weighted by Crippen LogP contribution is 2.30. The Bertz CT molecular complexity index is 1020. The van der Waals surface area contributed by atoms with E-state index in [0.29, 0.717) is 22.8 Å². The molecular weight excluding hydrogens is 328 g/mol. The number of carbonyl (C=O) groups excluding carboxylic acids is 1. The Hall–Kier alpha value is -3.49. The number of nitrogens with zero attached hydrogens (tertiary/aromatic N) is 2. The first-order chi connectivity index (χ1) is 12.0. The fraction of sp³-hybridized carbons (Fsp3) is 0.188. The lowest BCUT2D eigenvalue weighted by molar-refractivity contribution is 0.102. The molecule has 0 aliphatic carbocycles. The van der Waals surface area contributed by atoms with Crippen LogP contribution in [0.5, 0.6) is 17.2 Å². The number of aromatic amines is 1. The Balaban J connectivity index is 2.05. The quantitative estimate of drug-likeness (QED) is 0.655. The largest absolute Gasteiger partial charge is 0.506 e. The first-order valence-corrected chi connectivity index (χ1v) is 7.26. The second kappa shape index (κ2) is 6.19. The number of amides is 1. The van der Waals surface area contributed by atoms with Crippen molar-refractivity contribution in [2.24, 2.45) is 7.05 Å². The summed E-state index contributed by atoms with van der Waals surface area (Å²) in [6, 6.07) is 4.83. The van der Waals surface area contributed by atoms with Crippen LogP contribution >= 0.6 is 0 Å². The first-order valence-electron chi connectivity index (χ1n) is 7.26. The highest BCUT2D eigenvalue weighted by molar-refractivity contribution is 6.09. The van der Waals surface area contributed by atoms with Gasteiger partial charge in [0.2, 0.25) is 0 Å². The van der Waals surface area contributed by atoms with Gasteiger partial charge in [-0.2, -0.15) is 5.10 Å². The van der Waals surface area contributed by atoms with E-state index in [2.05, 4.69) is 15.4 Å². The number of rotatable bonds is 4. The van der Waals surface area contributed by atoms with E-state index in [1.807, 2.05) is 0 Å². The summed E-state index contributed by atoms with van der Waals surface area (Å²) in [6.07, 6.45) is 1.36. The number of H-pyrrole nitrogens is 1. The standard InChI is InChI=1S/C16H16N4O5/c1-20-14-9(7-17-20)13(21)12(16(23)19-14)15(22)18-10-6-8(24-2)4-5-11(10)25-3/h4-7H,1-3H3,(H,18,22)(H2,19,21,23). The number of pyridine rings is 1. The van der Waals surface area contributed by atoms with Crippen LogP contribution < -0.4 is 20.3 Å². The van der Waals surface area contributed by atoms with Gasteiger partial charge in [-0.05, 0) is 12.1 Å². The molecule has 130 valence electrons. The molecule has 3 aromatic rings. The van der Waals surface area contributed by atoms with Crippen LogP contribution in [0.4, 0.5) is 5.69 Å². The summed E-state index contributed by atoms with van der Waals surface area (Å²) in [5.74, 6) is -0.341. The molecule has 0 aliphatic rings. The van der Waals surface area contributed by atoms with E-state index in [-0.39, 0.29) is 5.39 Å². The number of aryl methyl sites for hydroxylation is 1. The zero-order chi connectivity index (χ0) is 18.1. The van der Waals surface area contributed by atoms with Crippen LogP contribution in [-0.2, 0) is 7.05 Å². The molecule has 3 N–H and O–H groups in total. The maximum atomic E-state index is 12.6. The molecule has 0 saturated carbocycles. The van der Waals surface area contributed by atoms with Gasteiger partial charge in [0.1, 0.15) is 28.5 Å². The number of benzene rings is 1. The molecule has 0 spiro atoms. The monoisotopic (exact) mass is 344 g/mol. The van der Waals surface area contributed by atoms with Crippen LogP contribution in [0.1, 0.15) is 10.4 Å². The molecule has 0 bridgehead atoms. The van der Waals surface area contributed by atoms with Crippen LogP contribution in [0.3, 0.4) is 0 Å². The van der Waals surface area contributed by atoms with Crippen LogP contribution in [0.15, 0.2) is 29.2 Å². The average molecular weight is 344 g/mol. The molecule has 0 fully saturated rings. The van der Waals surface area contributed by atoms with Crippen molar-refractivity contribution in [3.8, 4) is 17.2 Å². The smallest absolute Gasteiger partial charge is 0.266 e. The number of aromatic nitrogens is 3. The minimum atomic E-state index is -0.781. The Morgan fingerprint density at radius 2 is 2.08 bits per heavy atom. The topological polar surface area (TPSA) is 118 Å². The molecule has 0 unspecified atom stereocenters. The Kier molecular flexibility index (Phi) is 4.05. The van der Waals surface area contributed by atoms with Crippen molar-refractivity contribution in [3.63, 3.8) is 0 Å². The molecule has 1 aromatic carbocycles. The Morgan fingerprint density at radius 3 is 2.76 bits per heavy atom. The predicted molar refractivity (Wildman–Crippen MR) is 90.5 cm³/mol. The Morgan fingerprint density at radius 1 is 1.32 bits per heavy atom. The maximum absolute atomic E-state index is 12.6. The number of aromatic hydroxyl groups is 1. The third-order valence-electron chi connectivity index (χ3n) is 3.77. The van der Waals surface area contributed by atoms with Crippen molar-refractivity contribution in [3.05, 3.63) is 40.3 Å². The molecule has 2 heterocycles. The van der Waals surface area contributed by atoms with Crippen molar-refractivity contribution in [1.29, 1.82) is 0 Å². The summed E-state index contributed by atoms with van der Waals surface area (Å²) in [7, 11) is 4.54. The van der Waals surface area contributed by atoms with Gasteiger partial charge in [-0.25, -0.2) is 0 Å². The van der Waals surface area contributed by atoms with Gasteiger partial charge >= 0.3 is 0 Å². The van der Waals surface area contributed by atoms with E-state index in [0.717, 1.165) is 0 Å². The van der Waals surface area contributed by atoms with Gasteiger partial charge < -0.3 is 24.9 Å². The molecule has 9 heteroatoms. The van der Waals surface area contributed by atoms with E-state index in [1.54, 1.807) is 25.2 Å². The first kappa shape index (κ1) is 16.4. The predicted octanol–water partition coefficient (Wildman–Crippen LogP) is 1.24. The number of anilines is 1. The average Bonchev–Trinajstić information content (AvgIpc) is 2.96. The van der Waals surface area contributed by atoms with E-state index >= 15 is 0 Å². The number of methoxy groups -OCH3 is 2. The SMILES string of the molecule is COc1ccc(OC)c(NC(=O)c2c(O)c3cnn(C)c3[nH]c2=O)c1. The van der Waals surface area contributed by atoms with Crippen LogP contribution in [0.25, 0.3) is 11.0 Å². The van der Waals surface area contributed by atoms with Crippen molar-refractivity contribution in [1.82, 2.24) is 14.8 Å². The zero-order valence-corrected chi connectivity index (χ0v) is 13.8. The molecule has 25 heavy (non-hydrogen) atoms. The lowest BCUT2D eigenvalue weighted by atomic mass is 10.2. The van der Waals surface area contributed by atoms with Crippen molar-refractivity contribution in [2.45, 2.75) is 0 Å². The highest BCUT2D eigenvalue weighted by atomic mass is 16.5. The van der Waals surface area contributed by atoms with Gasteiger partial charge in [-0.1, -0.05) is 0 Å². The summed E-state index contributed by atoms with van der Waals surface area (Å²) in [5, 5.41) is 17.1. The van der Waals surface area contributed by atoms with Gasteiger partial charge in [-0.3, -0.25) is 14.3 Å². The molecule has 0 aliphatic heterocycles. The lowest BCUT2D eigenvalue weighted by Gasteiger charge is -2.12. The molecule has 2 aromatic heterocycles. The minimum absolute atomic E-state index is 0.268. The second-order valence-electron chi connectivity index (χ2n) is 5.23. The lowest BCUT2D eigenvalue weighted by Crippen LogP contribution is -2.24. The van der Waals surface area contributed by atoms with E-state index < -0.39 is 22.8 Å². The molecule has 1 amide bonds. The van der Waals surface area contributed by atoms with Gasteiger partial charge in [0.25, 0.3) is 11.5 Å². The highest BCUT2D eigenvalue weighted by Gasteiger charge is 2.22. The number of carbonyl (C=O) groups is 1. The number of nitrogens with one attached hydrogen (secondary N) is 2. The fourth-order valence-corrected chi connectivity index (χ4v) is 2.48. The van der Waals surface area contributed by atoms with Gasteiger partial charge in [0.05, 0.1) is 31.5 Å². The summed E-state index contributed by atoms with van der Waals surface area (Å²) in [4.78, 5) is 27.3. The summed E-state index contributed by atoms with van der Waals surface area (Å²) >= 11 is 0. The molecule has 0 radical (unpaired) electrons. The van der Waals surface area contributed by atoms with Crippen LogP contribution in [-0.4, -0.2) is 40.0 Å². The van der Waals surface area contributed by atoms with Gasteiger partial charge in [0, 0.05) is 13.1 Å². The maximum Gasteiger partial charge on any atom is 0.266 e. The minimum Gasteiger partial charge on any atom is -0.506 e. The summed E-state index contributed by atoms with van der Waals surface area (Å²) < 4.78 is 11.7. The summed E-state index contributed by atoms with van der Waals surface area (Å²) in [6.45, 7) is 0. The molecule has 0 saturated heterocycles. The zero-order valence-electron chi connectivity index (χ0n) is 13.8. The van der Waals surface area contributed by atoms with Crippen LogP contribution in [0.2, 0.25) is 0 Å². The van der Waals surface area contributed by atoms with E-state index in [1.165, 1.54) is 25.1 Å². The molecular formula is C16H16N4O5. The summed E-state index contributed by atoms with van der Waals surface area (Å²) in [5.41, 5.74) is -0.520. The fourth-order valence-electron chi connectivity index (χ4n) is 2.48. The van der Waals surface area contributed by atoms with E-state index in [9.17, 15) is 14.7 Å². The van der Waals surface area contributed by atoms with Gasteiger partial charge in [0.15, 0.2) is 0 Å². The molecule has 0 atom stereocenters. The number of hydrogen-bond acceptors (Lipinski definition) is 6. The molecule has 3 rings (SSSR count). The third-order valence-corrected chi connectivity index (χ3v) is 3.77. The van der Waals surface area contributed by atoms with Crippen molar-refractivity contribution < 1.29 is 19.4 Å².